The number of halogens is 3. The Bertz CT molecular complexity index is 418. The zero-order chi connectivity index (χ0) is 15.0. The maximum Gasteiger partial charge on any atom is 0.406 e. The molecule has 2 N–H and O–H groups in total. The van der Waals surface area contributed by atoms with E-state index < -0.39 is 18.6 Å². The molecule has 20 heavy (non-hydrogen) atoms. The highest BCUT2D eigenvalue weighted by Crippen LogP contribution is 2.18. The Morgan fingerprint density at radius 3 is 2.75 bits per heavy atom. The third-order valence-electron chi connectivity index (χ3n) is 2.48. The Balaban J connectivity index is 2.38. The number of nitrogens with one attached hydrogen (secondary N) is 2. The molecule has 8 heteroatoms. The molecular weight excluding hydrogens is 275 g/mol. The number of alkyl halides is 3. The lowest BCUT2D eigenvalue weighted by molar-refractivity contribution is -0.140. The average molecular weight is 293 g/mol. The van der Waals surface area contributed by atoms with Crippen molar-refractivity contribution in [3.05, 3.63) is 24.0 Å². The largest absolute Gasteiger partial charge is 0.406 e. The van der Waals surface area contributed by atoms with Crippen molar-refractivity contribution < 1.29 is 22.7 Å². The van der Waals surface area contributed by atoms with Crippen LogP contribution in [0, 0.1) is 0 Å². The third-order valence-corrected chi connectivity index (χ3v) is 2.48. The summed E-state index contributed by atoms with van der Waals surface area (Å²) in [4.78, 5) is 11.7. The molecule has 0 aliphatic carbocycles. The van der Waals surface area contributed by atoms with Crippen molar-refractivity contribution in [2.75, 3.05) is 33.4 Å². The minimum absolute atomic E-state index is 0.000725. The molecule has 5 nitrogen and oxygen atoms in total. The van der Waals surface area contributed by atoms with Crippen LogP contribution in [0.5, 0.6) is 0 Å². The van der Waals surface area contributed by atoms with Gasteiger partial charge in [0.2, 0.25) is 0 Å². The van der Waals surface area contributed by atoms with Gasteiger partial charge >= 0.3 is 6.18 Å². The SMILES string of the molecule is COCCNCCNC(=O)c1cccn1CC(F)(F)F. The Morgan fingerprint density at radius 2 is 2.10 bits per heavy atom. The minimum atomic E-state index is -4.35. The van der Waals surface area contributed by atoms with Crippen LogP contribution in [-0.4, -0.2) is 50.0 Å². The average Bonchev–Trinajstić information content (AvgIpc) is 2.79. The van der Waals surface area contributed by atoms with Gasteiger partial charge in [-0.1, -0.05) is 0 Å². The van der Waals surface area contributed by atoms with E-state index in [-0.39, 0.29) is 5.69 Å². The van der Waals surface area contributed by atoms with E-state index in [0.29, 0.717) is 26.2 Å². The van der Waals surface area contributed by atoms with Gasteiger partial charge in [-0.3, -0.25) is 4.79 Å². The van der Waals surface area contributed by atoms with E-state index in [9.17, 15) is 18.0 Å². The molecule has 0 bridgehead atoms. The first-order valence-corrected chi connectivity index (χ1v) is 6.14. The van der Waals surface area contributed by atoms with Crippen LogP contribution in [0.25, 0.3) is 0 Å². The Kier molecular flexibility index (Phi) is 6.53. The molecule has 0 spiro atoms. The number of nitrogens with zero attached hydrogens (tertiary/aromatic N) is 1. The number of amides is 1. The summed E-state index contributed by atoms with van der Waals surface area (Å²) >= 11 is 0. The second-order valence-corrected chi connectivity index (χ2v) is 4.14. The van der Waals surface area contributed by atoms with Gasteiger partial charge in [-0.2, -0.15) is 13.2 Å². The molecule has 1 amide bonds. The molecule has 0 saturated heterocycles. The Morgan fingerprint density at radius 1 is 1.35 bits per heavy atom. The van der Waals surface area contributed by atoms with Crippen molar-refractivity contribution in [2.24, 2.45) is 0 Å². The third kappa shape index (κ3) is 6.07. The lowest BCUT2D eigenvalue weighted by Crippen LogP contribution is -2.34. The molecule has 0 fully saturated rings. The molecule has 1 aromatic heterocycles. The fourth-order valence-electron chi connectivity index (χ4n) is 1.61. The van der Waals surface area contributed by atoms with Crippen molar-refractivity contribution in [1.29, 1.82) is 0 Å². The number of carbonyl (C=O) groups excluding carboxylic acids is 1. The second kappa shape index (κ2) is 7.91. The number of aromatic nitrogens is 1. The highest BCUT2D eigenvalue weighted by Gasteiger charge is 2.29. The van der Waals surface area contributed by atoms with Gasteiger partial charge in [-0.25, -0.2) is 0 Å². The zero-order valence-corrected chi connectivity index (χ0v) is 11.2. The van der Waals surface area contributed by atoms with Crippen molar-refractivity contribution in [3.8, 4) is 0 Å². The van der Waals surface area contributed by atoms with Crippen molar-refractivity contribution >= 4 is 5.91 Å². The number of rotatable bonds is 8. The molecule has 0 atom stereocenters. The normalized spacial score (nSPS) is 11.6. The first kappa shape index (κ1) is 16.5. The molecule has 1 aromatic rings. The number of hydrogen-bond acceptors (Lipinski definition) is 3. The zero-order valence-electron chi connectivity index (χ0n) is 11.2. The van der Waals surface area contributed by atoms with Crippen LogP contribution in [0.1, 0.15) is 10.5 Å². The van der Waals surface area contributed by atoms with Crippen molar-refractivity contribution in [1.82, 2.24) is 15.2 Å². The summed E-state index contributed by atoms with van der Waals surface area (Å²) in [7, 11) is 1.58. The molecule has 0 unspecified atom stereocenters. The molecule has 0 saturated carbocycles. The maximum absolute atomic E-state index is 12.3. The van der Waals surface area contributed by atoms with Crippen molar-refractivity contribution in [2.45, 2.75) is 12.7 Å². The van der Waals surface area contributed by atoms with E-state index in [1.165, 1.54) is 18.3 Å². The van der Waals surface area contributed by atoms with Crippen LogP contribution in [-0.2, 0) is 11.3 Å². The van der Waals surface area contributed by atoms with E-state index in [1.807, 2.05) is 0 Å². The molecule has 0 radical (unpaired) electrons. The van der Waals surface area contributed by atoms with E-state index in [2.05, 4.69) is 10.6 Å². The first-order chi connectivity index (χ1) is 9.44. The van der Waals surface area contributed by atoms with Gasteiger partial charge in [0.25, 0.3) is 5.91 Å². The summed E-state index contributed by atoms with van der Waals surface area (Å²) in [5, 5.41) is 5.57. The summed E-state index contributed by atoms with van der Waals surface area (Å²) in [5.41, 5.74) is -0.000725. The van der Waals surface area contributed by atoms with E-state index in [0.717, 1.165) is 4.57 Å². The fraction of sp³-hybridized carbons (Fsp3) is 0.583. The lowest BCUT2D eigenvalue weighted by Gasteiger charge is -2.12. The van der Waals surface area contributed by atoms with Crippen LogP contribution >= 0.6 is 0 Å². The van der Waals surface area contributed by atoms with Crippen LogP contribution in [0.15, 0.2) is 18.3 Å². The molecule has 0 aromatic carbocycles. The van der Waals surface area contributed by atoms with Crippen molar-refractivity contribution in [3.63, 3.8) is 0 Å². The number of hydrogen-bond donors (Lipinski definition) is 2. The summed E-state index contributed by atoms with van der Waals surface area (Å²) < 4.78 is 42.7. The van der Waals surface area contributed by atoms with Gasteiger partial charge in [-0.05, 0) is 12.1 Å². The van der Waals surface area contributed by atoms with Gasteiger partial charge < -0.3 is 19.9 Å². The van der Waals surface area contributed by atoms with E-state index in [1.54, 1.807) is 7.11 Å². The van der Waals surface area contributed by atoms with Gasteiger partial charge in [0.05, 0.1) is 6.61 Å². The lowest BCUT2D eigenvalue weighted by atomic mass is 10.4. The van der Waals surface area contributed by atoms with Gasteiger partial charge in [-0.15, -0.1) is 0 Å². The smallest absolute Gasteiger partial charge is 0.383 e. The van der Waals surface area contributed by atoms with Gasteiger partial charge in [0, 0.05) is 32.9 Å². The Hall–Kier alpha value is -1.54. The number of ether oxygens (including phenoxy) is 1. The molecule has 114 valence electrons. The second-order valence-electron chi connectivity index (χ2n) is 4.14. The first-order valence-electron chi connectivity index (χ1n) is 6.14. The Labute approximate surface area is 115 Å². The minimum Gasteiger partial charge on any atom is -0.383 e. The standard InChI is InChI=1S/C12H18F3N3O2/c1-20-8-6-16-4-5-17-11(19)10-3-2-7-18(10)9-12(13,14)15/h2-3,7,16H,4-6,8-9H2,1H3,(H,17,19). The predicted molar refractivity (Wildman–Crippen MR) is 67.6 cm³/mol. The molecule has 0 aliphatic heterocycles. The van der Waals surface area contributed by atoms with Gasteiger partial charge in [0.15, 0.2) is 0 Å². The summed E-state index contributed by atoms with van der Waals surface area (Å²) in [6.45, 7) is 0.892. The maximum atomic E-state index is 12.3. The number of methoxy groups -OCH3 is 1. The molecule has 0 aliphatic rings. The topological polar surface area (TPSA) is 55.3 Å². The quantitative estimate of drug-likeness (QED) is 0.704. The fourth-order valence-corrected chi connectivity index (χ4v) is 1.61. The molecular formula is C12H18F3N3O2. The van der Waals surface area contributed by atoms with Crippen LogP contribution in [0.4, 0.5) is 13.2 Å². The van der Waals surface area contributed by atoms with Crippen LogP contribution < -0.4 is 10.6 Å². The molecule has 1 heterocycles. The molecule has 1 rings (SSSR count). The summed E-state index contributed by atoms with van der Waals surface area (Å²) in [6, 6.07) is 2.77. The highest BCUT2D eigenvalue weighted by molar-refractivity contribution is 5.92. The summed E-state index contributed by atoms with van der Waals surface area (Å²) in [5.74, 6) is -0.521. The van der Waals surface area contributed by atoms with Crippen LogP contribution in [0.3, 0.4) is 0 Å². The predicted octanol–water partition coefficient (Wildman–Crippen LogP) is 1.02. The monoisotopic (exact) mass is 293 g/mol. The highest BCUT2D eigenvalue weighted by atomic mass is 19.4. The van der Waals surface area contributed by atoms with Crippen LogP contribution in [0.2, 0.25) is 0 Å². The number of carbonyl (C=O) groups is 1. The van der Waals surface area contributed by atoms with Gasteiger partial charge in [0.1, 0.15) is 12.2 Å². The van der Waals surface area contributed by atoms with E-state index >= 15 is 0 Å². The van der Waals surface area contributed by atoms with E-state index in [4.69, 9.17) is 4.74 Å². The summed E-state index contributed by atoms with van der Waals surface area (Å²) in [6.07, 6.45) is -3.12.